The van der Waals surface area contributed by atoms with Gasteiger partial charge in [-0.05, 0) is 0 Å². The smallest absolute Gasteiger partial charge is 0.221 e. The van der Waals surface area contributed by atoms with Crippen molar-refractivity contribution in [2.24, 2.45) is 0 Å². The number of epoxide rings is 1. The van der Waals surface area contributed by atoms with Crippen LogP contribution in [0.25, 0.3) is 0 Å². The average Bonchev–Trinajstić information content (AvgIpc) is 3.41. The van der Waals surface area contributed by atoms with Gasteiger partial charge < -0.3 is 33.3 Å². The number of fused-ring (bicyclic) bond motifs is 3. The summed E-state index contributed by atoms with van der Waals surface area (Å²) in [6, 6.07) is 9.42. The quantitative estimate of drug-likeness (QED) is 0.719. The summed E-state index contributed by atoms with van der Waals surface area (Å²) < 4.78 is 35.4. The highest BCUT2D eigenvalue weighted by atomic mass is 16.8. The highest BCUT2D eigenvalue weighted by Crippen LogP contribution is 2.39. The lowest BCUT2D eigenvalue weighted by molar-refractivity contribution is -0.341. The van der Waals surface area contributed by atoms with E-state index in [2.05, 4.69) is 0 Å². The molecule has 1 amide bonds. The van der Waals surface area contributed by atoms with Gasteiger partial charge in [0.1, 0.15) is 37.2 Å². The first kappa shape index (κ1) is 17.5. The Morgan fingerprint density at radius 1 is 1.11 bits per heavy atom. The largest absolute Gasteiger partial charge is 0.371 e. The molecule has 4 aliphatic rings. The number of nitrogens with zero attached hydrogens (tertiary/aromatic N) is 1. The maximum atomic E-state index is 12.1. The lowest BCUT2D eigenvalue weighted by atomic mass is 9.95. The third-order valence-electron chi connectivity index (χ3n) is 5.40. The SMILES string of the molecule is CC(=O)N1CO[C@H]2[C@@H]3O[C@H](c4ccccc4)OC[C@H]3O[C@@H](OC[C@H]3CO3)[C@@H]21. The van der Waals surface area contributed by atoms with Gasteiger partial charge in [0.2, 0.25) is 5.91 Å². The van der Waals surface area contributed by atoms with Crippen LogP contribution in [0.5, 0.6) is 0 Å². The van der Waals surface area contributed by atoms with Crippen molar-refractivity contribution in [3.8, 4) is 0 Å². The van der Waals surface area contributed by atoms with Gasteiger partial charge in [0.05, 0.1) is 19.8 Å². The van der Waals surface area contributed by atoms with E-state index in [4.69, 9.17) is 28.4 Å². The first-order valence-electron chi connectivity index (χ1n) is 9.30. The van der Waals surface area contributed by atoms with Crippen molar-refractivity contribution in [1.82, 2.24) is 4.90 Å². The van der Waals surface area contributed by atoms with Crippen molar-refractivity contribution in [2.75, 3.05) is 26.6 Å². The molecule has 1 aromatic carbocycles. The van der Waals surface area contributed by atoms with Gasteiger partial charge in [-0.15, -0.1) is 0 Å². The first-order valence-corrected chi connectivity index (χ1v) is 9.30. The van der Waals surface area contributed by atoms with Crippen molar-refractivity contribution >= 4 is 5.91 Å². The summed E-state index contributed by atoms with van der Waals surface area (Å²) in [6.45, 7) is 3.24. The van der Waals surface area contributed by atoms with Crippen LogP contribution in [0.15, 0.2) is 30.3 Å². The molecule has 0 N–H and O–H groups in total. The Kier molecular flexibility index (Phi) is 4.63. The molecule has 0 aliphatic carbocycles. The Labute approximate surface area is 157 Å². The molecule has 4 saturated heterocycles. The van der Waals surface area contributed by atoms with E-state index in [-0.39, 0.29) is 43.1 Å². The van der Waals surface area contributed by atoms with Gasteiger partial charge in [0.15, 0.2) is 12.6 Å². The van der Waals surface area contributed by atoms with Crippen LogP contribution in [0.4, 0.5) is 0 Å². The Morgan fingerprint density at radius 3 is 2.67 bits per heavy atom. The molecule has 4 aliphatic heterocycles. The molecule has 4 heterocycles. The van der Waals surface area contributed by atoms with Crippen molar-refractivity contribution in [1.29, 1.82) is 0 Å². The van der Waals surface area contributed by atoms with Crippen molar-refractivity contribution in [3.05, 3.63) is 35.9 Å². The maximum absolute atomic E-state index is 12.1. The number of amides is 1. The fourth-order valence-electron chi connectivity index (χ4n) is 3.91. The van der Waals surface area contributed by atoms with Gasteiger partial charge in [0.25, 0.3) is 0 Å². The van der Waals surface area contributed by atoms with Crippen LogP contribution in [0, 0.1) is 0 Å². The minimum atomic E-state index is -0.590. The predicted molar refractivity (Wildman–Crippen MR) is 90.4 cm³/mol. The van der Waals surface area contributed by atoms with Crippen molar-refractivity contribution in [2.45, 2.75) is 50.0 Å². The number of hydrogen-bond donors (Lipinski definition) is 0. The summed E-state index contributed by atoms with van der Waals surface area (Å²) in [5.74, 6) is -0.0764. The number of carbonyl (C=O) groups is 1. The van der Waals surface area contributed by atoms with E-state index in [0.29, 0.717) is 19.8 Å². The zero-order valence-corrected chi connectivity index (χ0v) is 15.1. The molecular weight excluding hydrogens is 354 g/mol. The van der Waals surface area contributed by atoms with Crippen LogP contribution < -0.4 is 0 Å². The number of hydrogen-bond acceptors (Lipinski definition) is 7. The molecule has 8 nitrogen and oxygen atoms in total. The van der Waals surface area contributed by atoms with Crippen LogP contribution in [-0.4, -0.2) is 74.1 Å². The van der Waals surface area contributed by atoms with E-state index in [1.54, 1.807) is 4.90 Å². The summed E-state index contributed by atoms with van der Waals surface area (Å²) in [5, 5.41) is 0. The van der Waals surface area contributed by atoms with Crippen molar-refractivity contribution < 1.29 is 33.2 Å². The molecule has 0 unspecified atom stereocenters. The lowest BCUT2D eigenvalue weighted by Gasteiger charge is -2.47. The minimum absolute atomic E-state index is 0.0764. The second-order valence-electron chi connectivity index (χ2n) is 7.25. The van der Waals surface area contributed by atoms with Gasteiger partial charge in [-0.25, -0.2) is 0 Å². The molecule has 0 saturated carbocycles. The zero-order chi connectivity index (χ0) is 18.4. The number of rotatable bonds is 4. The molecule has 0 spiro atoms. The van der Waals surface area contributed by atoms with Crippen LogP contribution in [0.2, 0.25) is 0 Å². The predicted octanol–water partition coefficient (Wildman–Crippen LogP) is 0.814. The third kappa shape index (κ3) is 3.37. The Morgan fingerprint density at radius 2 is 1.93 bits per heavy atom. The third-order valence-corrected chi connectivity index (χ3v) is 5.40. The van der Waals surface area contributed by atoms with E-state index in [9.17, 15) is 4.79 Å². The van der Waals surface area contributed by atoms with Gasteiger partial charge in [-0.3, -0.25) is 4.79 Å². The molecule has 27 heavy (non-hydrogen) atoms. The zero-order valence-electron chi connectivity index (χ0n) is 15.1. The van der Waals surface area contributed by atoms with Crippen LogP contribution >= 0.6 is 0 Å². The van der Waals surface area contributed by atoms with Crippen LogP contribution in [0.1, 0.15) is 18.8 Å². The summed E-state index contributed by atoms with van der Waals surface area (Å²) >= 11 is 0. The molecule has 4 fully saturated rings. The van der Waals surface area contributed by atoms with Gasteiger partial charge >= 0.3 is 0 Å². The highest BCUT2D eigenvalue weighted by Gasteiger charge is 2.56. The Balaban J connectivity index is 1.36. The molecule has 0 radical (unpaired) electrons. The maximum Gasteiger partial charge on any atom is 0.221 e. The highest BCUT2D eigenvalue weighted by molar-refractivity contribution is 5.74. The van der Waals surface area contributed by atoms with E-state index >= 15 is 0 Å². The fourth-order valence-corrected chi connectivity index (χ4v) is 3.91. The second kappa shape index (κ2) is 7.12. The standard InChI is InChI=1S/C19H23NO7/c1-11(21)20-10-25-17-15(20)19(23-8-13-7-22-13)26-14-9-24-18(27-16(14)17)12-5-3-2-4-6-12/h2-6,13-19H,7-10H2,1H3/t13-,14-,15-,16-,17-,18-,19-/m1/s1. The minimum Gasteiger partial charge on any atom is -0.371 e. The number of benzene rings is 1. The lowest BCUT2D eigenvalue weighted by Crippen LogP contribution is -2.64. The summed E-state index contributed by atoms with van der Waals surface area (Å²) in [7, 11) is 0. The Bertz CT molecular complexity index is 682. The molecule has 7 atom stereocenters. The summed E-state index contributed by atoms with van der Waals surface area (Å²) in [4.78, 5) is 13.7. The van der Waals surface area contributed by atoms with E-state index in [1.165, 1.54) is 6.92 Å². The monoisotopic (exact) mass is 377 g/mol. The molecule has 0 bridgehead atoms. The molecule has 1 aromatic rings. The molecular formula is C19H23NO7. The van der Waals surface area contributed by atoms with Crippen LogP contribution in [-0.2, 0) is 33.2 Å². The van der Waals surface area contributed by atoms with E-state index < -0.39 is 12.6 Å². The summed E-state index contributed by atoms with van der Waals surface area (Å²) in [6.07, 6.45) is -1.94. The molecule has 5 rings (SSSR count). The van der Waals surface area contributed by atoms with Crippen molar-refractivity contribution in [3.63, 3.8) is 0 Å². The average molecular weight is 377 g/mol. The fraction of sp³-hybridized carbons (Fsp3) is 0.632. The molecule has 0 aromatic heterocycles. The van der Waals surface area contributed by atoms with E-state index in [1.807, 2.05) is 30.3 Å². The molecule has 146 valence electrons. The molecule has 8 heteroatoms. The first-order chi connectivity index (χ1) is 13.2. The summed E-state index contributed by atoms with van der Waals surface area (Å²) in [5.41, 5.74) is 0.943. The van der Waals surface area contributed by atoms with Gasteiger partial charge in [0, 0.05) is 12.5 Å². The number of ether oxygens (including phenoxy) is 6. The Hall–Kier alpha value is -1.55. The second-order valence-corrected chi connectivity index (χ2v) is 7.25. The van der Waals surface area contributed by atoms with Gasteiger partial charge in [-0.1, -0.05) is 30.3 Å². The van der Waals surface area contributed by atoms with Crippen LogP contribution in [0.3, 0.4) is 0 Å². The van der Waals surface area contributed by atoms with Gasteiger partial charge in [-0.2, -0.15) is 0 Å². The topological polar surface area (TPSA) is 79.0 Å². The van der Waals surface area contributed by atoms with E-state index in [0.717, 1.165) is 5.56 Å². The number of carbonyl (C=O) groups excluding carboxylic acids is 1. The normalized spacial score (nSPS) is 40.3.